The molecule has 3 amide bonds. The van der Waals surface area contributed by atoms with Crippen LogP contribution in [0, 0.1) is 5.92 Å². The molecule has 0 bridgehead atoms. The topological polar surface area (TPSA) is 122 Å². The first-order valence-electron chi connectivity index (χ1n) is 14.4. The van der Waals surface area contributed by atoms with E-state index in [4.69, 9.17) is 10.5 Å². The number of nitrogens with zero attached hydrogens (tertiary/aromatic N) is 1. The summed E-state index contributed by atoms with van der Waals surface area (Å²) in [6.45, 7) is 5.08. The Labute approximate surface area is 238 Å². The minimum atomic E-state index is -1.08. The van der Waals surface area contributed by atoms with Crippen LogP contribution < -0.4 is 11.1 Å². The van der Waals surface area contributed by atoms with Crippen LogP contribution in [0.1, 0.15) is 70.4 Å². The molecule has 1 saturated carbocycles. The number of benzene rings is 2. The van der Waals surface area contributed by atoms with Gasteiger partial charge in [-0.15, -0.1) is 0 Å². The first-order valence-corrected chi connectivity index (χ1v) is 14.4. The largest absolute Gasteiger partial charge is 0.444 e. The Morgan fingerprint density at radius 3 is 2.02 bits per heavy atom. The van der Waals surface area contributed by atoms with Crippen LogP contribution in [0.5, 0.6) is 0 Å². The van der Waals surface area contributed by atoms with E-state index in [2.05, 4.69) is 5.32 Å². The average molecular weight is 552 g/mol. The van der Waals surface area contributed by atoms with Gasteiger partial charge in [-0.1, -0.05) is 79.9 Å². The summed E-state index contributed by atoms with van der Waals surface area (Å²) < 4.78 is 5.47. The number of imide groups is 1. The van der Waals surface area contributed by atoms with E-state index in [0.29, 0.717) is 12.8 Å². The van der Waals surface area contributed by atoms with Crippen LogP contribution in [-0.4, -0.2) is 58.2 Å². The van der Waals surface area contributed by atoms with Gasteiger partial charge in [-0.2, -0.15) is 0 Å². The minimum absolute atomic E-state index is 0.0576. The molecule has 40 heavy (non-hydrogen) atoms. The van der Waals surface area contributed by atoms with Gasteiger partial charge >= 0.3 is 6.09 Å². The quantitative estimate of drug-likeness (QED) is 0.381. The molecule has 1 aliphatic carbocycles. The normalized spacial score (nSPS) is 16.4. The van der Waals surface area contributed by atoms with E-state index >= 15 is 0 Å². The highest BCUT2D eigenvalue weighted by Crippen LogP contribution is 2.27. The van der Waals surface area contributed by atoms with Gasteiger partial charge in [-0.25, -0.2) is 4.79 Å². The van der Waals surface area contributed by atoms with Gasteiger partial charge in [0.1, 0.15) is 5.60 Å². The van der Waals surface area contributed by atoms with Gasteiger partial charge in [0.2, 0.25) is 11.8 Å². The van der Waals surface area contributed by atoms with E-state index in [-0.39, 0.29) is 24.9 Å². The lowest BCUT2D eigenvalue weighted by atomic mass is 9.86. The van der Waals surface area contributed by atoms with Gasteiger partial charge < -0.3 is 20.9 Å². The molecular formula is C32H45N3O5. The van der Waals surface area contributed by atoms with Gasteiger partial charge in [0.25, 0.3) is 0 Å². The Bertz CT molecular complexity index is 1080. The van der Waals surface area contributed by atoms with E-state index in [1.165, 1.54) is 4.90 Å². The van der Waals surface area contributed by atoms with Crippen molar-refractivity contribution >= 4 is 17.9 Å². The molecule has 0 aromatic heterocycles. The molecule has 3 rings (SSSR count). The molecule has 4 N–H and O–H groups in total. The monoisotopic (exact) mass is 551 g/mol. The fraction of sp³-hybridized carbons (Fsp3) is 0.531. The number of nitrogens with two attached hydrogens (primary N) is 1. The molecule has 218 valence electrons. The third kappa shape index (κ3) is 9.75. The summed E-state index contributed by atoms with van der Waals surface area (Å²) in [6, 6.07) is 18.2. The summed E-state index contributed by atoms with van der Waals surface area (Å²) in [7, 11) is 0. The zero-order valence-electron chi connectivity index (χ0n) is 24.1. The number of ether oxygens (including phenoxy) is 1. The van der Waals surface area contributed by atoms with Crippen molar-refractivity contribution in [2.75, 3.05) is 6.54 Å². The van der Waals surface area contributed by atoms with E-state index in [9.17, 15) is 19.5 Å². The van der Waals surface area contributed by atoms with Crippen LogP contribution in [0.4, 0.5) is 4.79 Å². The van der Waals surface area contributed by atoms with Crippen molar-refractivity contribution < 1.29 is 24.2 Å². The third-order valence-corrected chi connectivity index (χ3v) is 7.29. The molecule has 0 radical (unpaired) electrons. The number of nitrogens with one attached hydrogen (secondary N) is 1. The van der Waals surface area contributed by atoms with Crippen molar-refractivity contribution in [2.24, 2.45) is 11.7 Å². The molecule has 0 saturated heterocycles. The standard InChI is InChI=1S/C32H45N3O5/c1-32(2,3)40-31(39)34-27(20-24-15-9-5-10-16-24)28(36)21-25(19-23-13-7-4-8-14-23)30(38)35(29(37)22-33)26-17-11-6-12-18-26/h4-5,7-10,13-16,25-28,36H,6,11-12,17-22,33H2,1-3H3,(H,34,39)/t25-,27+,28+/m1/s1. The Morgan fingerprint density at radius 2 is 1.50 bits per heavy atom. The number of aliphatic hydroxyl groups is 1. The molecular weight excluding hydrogens is 506 g/mol. The van der Waals surface area contributed by atoms with Gasteiger partial charge in [-0.05, 0) is 64.0 Å². The van der Waals surface area contributed by atoms with E-state index in [1.54, 1.807) is 20.8 Å². The van der Waals surface area contributed by atoms with Crippen molar-refractivity contribution in [1.29, 1.82) is 0 Å². The highest BCUT2D eigenvalue weighted by atomic mass is 16.6. The predicted molar refractivity (Wildman–Crippen MR) is 155 cm³/mol. The average Bonchev–Trinajstić information content (AvgIpc) is 2.93. The first kappa shape index (κ1) is 31.3. The number of rotatable bonds is 11. The van der Waals surface area contributed by atoms with Crippen LogP contribution in [-0.2, 0) is 27.2 Å². The Kier molecular flexibility index (Phi) is 11.7. The zero-order chi connectivity index (χ0) is 29.1. The molecule has 0 spiro atoms. The van der Waals surface area contributed by atoms with Gasteiger partial charge in [0, 0.05) is 12.0 Å². The van der Waals surface area contributed by atoms with Crippen LogP contribution >= 0.6 is 0 Å². The third-order valence-electron chi connectivity index (χ3n) is 7.29. The molecule has 0 heterocycles. The molecule has 0 unspecified atom stereocenters. The number of carbonyl (C=O) groups is 3. The predicted octanol–water partition coefficient (Wildman–Crippen LogP) is 4.38. The van der Waals surface area contributed by atoms with E-state index in [1.807, 2.05) is 60.7 Å². The summed E-state index contributed by atoms with van der Waals surface area (Å²) in [5, 5.41) is 14.4. The molecule has 8 heteroatoms. The smallest absolute Gasteiger partial charge is 0.407 e. The fourth-order valence-corrected chi connectivity index (χ4v) is 5.38. The van der Waals surface area contributed by atoms with Crippen LogP contribution in [0.2, 0.25) is 0 Å². The molecule has 8 nitrogen and oxygen atoms in total. The highest BCUT2D eigenvalue weighted by molar-refractivity contribution is 5.97. The molecule has 1 aliphatic rings. The highest BCUT2D eigenvalue weighted by Gasteiger charge is 2.37. The number of amides is 3. The Morgan fingerprint density at radius 1 is 0.950 bits per heavy atom. The number of aliphatic hydroxyl groups excluding tert-OH is 1. The van der Waals surface area contributed by atoms with Crippen LogP contribution in [0.3, 0.4) is 0 Å². The summed E-state index contributed by atoms with van der Waals surface area (Å²) in [4.78, 5) is 41.2. The van der Waals surface area contributed by atoms with Crippen molar-refractivity contribution in [1.82, 2.24) is 10.2 Å². The van der Waals surface area contributed by atoms with Crippen molar-refractivity contribution in [3.63, 3.8) is 0 Å². The van der Waals surface area contributed by atoms with Crippen molar-refractivity contribution in [3.8, 4) is 0 Å². The molecule has 3 atom stereocenters. The van der Waals surface area contributed by atoms with Crippen LogP contribution in [0.15, 0.2) is 60.7 Å². The summed E-state index contributed by atoms with van der Waals surface area (Å²) in [6.07, 6.45) is 3.55. The second-order valence-corrected chi connectivity index (χ2v) is 11.7. The fourth-order valence-electron chi connectivity index (χ4n) is 5.38. The molecule has 0 aliphatic heterocycles. The lowest BCUT2D eigenvalue weighted by molar-refractivity contribution is -0.151. The summed E-state index contributed by atoms with van der Waals surface area (Å²) in [5.41, 5.74) is 6.90. The number of hydrogen-bond donors (Lipinski definition) is 3. The number of carbonyl (C=O) groups excluding carboxylic acids is 3. The van der Waals surface area contributed by atoms with Crippen LogP contribution in [0.25, 0.3) is 0 Å². The lowest BCUT2D eigenvalue weighted by Gasteiger charge is -2.36. The maximum Gasteiger partial charge on any atom is 0.407 e. The second kappa shape index (κ2) is 15.0. The van der Waals surface area contributed by atoms with Crippen molar-refractivity contribution in [2.45, 2.75) is 95.9 Å². The number of alkyl carbamates (subject to hydrolysis) is 1. The zero-order valence-corrected chi connectivity index (χ0v) is 24.1. The molecule has 1 fully saturated rings. The summed E-state index contributed by atoms with van der Waals surface area (Å²) in [5.74, 6) is -1.40. The SMILES string of the molecule is CC(C)(C)OC(=O)N[C@@H](Cc1ccccc1)[C@@H](O)C[C@@H](Cc1ccccc1)C(=O)N(C(=O)CN)C1CCCCC1. The second-order valence-electron chi connectivity index (χ2n) is 11.7. The number of hydrogen-bond acceptors (Lipinski definition) is 6. The lowest BCUT2D eigenvalue weighted by Crippen LogP contribution is -2.52. The Balaban J connectivity index is 1.89. The molecule has 2 aromatic rings. The van der Waals surface area contributed by atoms with E-state index in [0.717, 1.165) is 43.2 Å². The Hall–Kier alpha value is -3.23. The maximum absolute atomic E-state index is 14.1. The van der Waals surface area contributed by atoms with Gasteiger partial charge in [-0.3, -0.25) is 14.5 Å². The van der Waals surface area contributed by atoms with Gasteiger partial charge in [0.05, 0.1) is 18.7 Å². The van der Waals surface area contributed by atoms with E-state index < -0.39 is 35.7 Å². The minimum Gasteiger partial charge on any atom is -0.444 e. The van der Waals surface area contributed by atoms with Gasteiger partial charge in [0.15, 0.2) is 0 Å². The maximum atomic E-state index is 14.1. The van der Waals surface area contributed by atoms with Crippen molar-refractivity contribution in [3.05, 3.63) is 71.8 Å². The molecule has 2 aromatic carbocycles. The summed E-state index contributed by atoms with van der Waals surface area (Å²) >= 11 is 0. The first-order chi connectivity index (χ1) is 19.1.